The summed E-state index contributed by atoms with van der Waals surface area (Å²) in [5, 5.41) is 6.56. The van der Waals surface area contributed by atoms with Crippen molar-refractivity contribution < 1.29 is 13.7 Å². The predicted octanol–water partition coefficient (Wildman–Crippen LogP) is 4.75. The Bertz CT molecular complexity index is 960. The number of hydrogen-bond donors (Lipinski definition) is 0. The van der Waals surface area contributed by atoms with Gasteiger partial charge in [-0.15, -0.1) is 11.3 Å². The number of carbonyl (C=O) groups is 1. The van der Waals surface area contributed by atoms with E-state index < -0.39 is 5.82 Å². The normalized spacial score (nSPS) is 11.7. The molecule has 0 amide bonds. The van der Waals surface area contributed by atoms with Crippen molar-refractivity contribution in [3.8, 4) is 21.8 Å². The van der Waals surface area contributed by atoms with Gasteiger partial charge >= 0.3 is 0 Å². The Morgan fingerprint density at radius 3 is 2.69 bits per heavy atom. The second-order valence-electron chi connectivity index (χ2n) is 5.73. The van der Waals surface area contributed by atoms with E-state index in [4.69, 9.17) is 16.1 Å². The van der Waals surface area contributed by atoms with Crippen LogP contribution in [0.25, 0.3) is 27.4 Å². The Balaban J connectivity index is 2.33. The van der Waals surface area contributed by atoms with Gasteiger partial charge in [-0.2, -0.15) is 0 Å². The Labute approximate surface area is 158 Å². The average Bonchev–Trinajstić information content (AvgIpc) is 3.21. The summed E-state index contributed by atoms with van der Waals surface area (Å²) in [7, 11) is 3.58. The molecule has 0 unspecified atom stereocenters. The lowest BCUT2D eigenvalue weighted by atomic mass is 10.0. The highest BCUT2D eigenvalue weighted by Gasteiger charge is 2.28. The molecule has 134 valence electrons. The minimum Gasteiger partial charge on any atom is -0.383 e. The minimum atomic E-state index is -0.531. The molecule has 0 saturated carbocycles. The van der Waals surface area contributed by atoms with Crippen LogP contribution in [0.15, 0.2) is 40.5 Å². The number of halogens is 2. The molecule has 0 saturated heterocycles. The first-order valence-electron chi connectivity index (χ1n) is 7.63. The van der Waals surface area contributed by atoms with Crippen LogP contribution >= 0.6 is 22.9 Å². The van der Waals surface area contributed by atoms with Crippen LogP contribution in [0.2, 0.25) is 5.02 Å². The molecule has 3 aromatic rings. The summed E-state index contributed by atoms with van der Waals surface area (Å²) in [5.41, 5.74) is 1.08. The van der Waals surface area contributed by atoms with Gasteiger partial charge in [-0.1, -0.05) is 22.8 Å². The summed E-state index contributed by atoms with van der Waals surface area (Å²) < 4.78 is 19.9. The van der Waals surface area contributed by atoms with Crippen molar-refractivity contribution in [2.75, 3.05) is 14.1 Å². The zero-order chi connectivity index (χ0) is 18.8. The van der Waals surface area contributed by atoms with Crippen LogP contribution in [0.4, 0.5) is 4.39 Å². The van der Waals surface area contributed by atoms with Crippen LogP contribution in [0.5, 0.6) is 0 Å². The maximum absolute atomic E-state index is 14.5. The maximum atomic E-state index is 14.5. The number of ketones is 1. The van der Waals surface area contributed by atoms with Crippen molar-refractivity contribution in [1.82, 2.24) is 15.0 Å². The number of allylic oxidation sites excluding steroid dienone is 1. The van der Waals surface area contributed by atoms with E-state index in [-0.39, 0.29) is 27.8 Å². The van der Waals surface area contributed by atoms with Crippen molar-refractivity contribution in [1.29, 1.82) is 0 Å². The first kappa shape index (κ1) is 18.3. The van der Waals surface area contributed by atoms with Gasteiger partial charge in [0.2, 0.25) is 0 Å². The van der Waals surface area contributed by atoms with Crippen molar-refractivity contribution >= 4 is 34.3 Å². The molecule has 2 heterocycles. The number of rotatable bonds is 5. The molecule has 8 heteroatoms. The molecule has 26 heavy (non-hydrogen) atoms. The van der Waals surface area contributed by atoms with Gasteiger partial charge in [0.25, 0.3) is 0 Å². The second-order valence-corrected chi connectivity index (χ2v) is 7.03. The van der Waals surface area contributed by atoms with Crippen LogP contribution in [-0.2, 0) is 4.79 Å². The fourth-order valence-corrected chi connectivity index (χ4v) is 3.41. The first-order chi connectivity index (χ1) is 12.4. The van der Waals surface area contributed by atoms with Gasteiger partial charge in [0.15, 0.2) is 11.5 Å². The number of nitrogens with zero attached hydrogens (tertiary/aromatic N) is 3. The van der Waals surface area contributed by atoms with Gasteiger partial charge in [0.1, 0.15) is 16.5 Å². The van der Waals surface area contributed by atoms with E-state index in [1.54, 1.807) is 42.8 Å². The third kappa shape index (κ3) is 3.40. The zero-order valence-corrected chi connectivity index (χ0v) is 15.9. The number of hydrogen-bond acceptors (Lipinski definition) is 6. The third-order valence-electron chi connectivity index (χ3n) is 3.55. The van der Waals surface area contributed by atoms with Crippen LogP contribution in [0.3, 0.4) is 0 Å². The van der Waals surface area contributed by atoms with Crippen LogP contribution in [0.1, 0.15) is 12.7 Å². The second kappa shape index (κ2) is 7.39. The Morgan fingerprint density at radius 2 is 2.12 bits per heavy atom. The smallest absolute Gasteiger partial charge is 0.182 e. The topological polar surface area (TPSA) is 59.2 Å². The molecule has 0 aliphatic carbocycles. The Morgan fingerprint density at radius 1 is 1.35 bits per heavy atom. The molecular weight excluding hydrogens is 377 g/mol. The number of aromatic nitrogens is 2. The summed E-state index contributed by atoms with van der Waals surface area (Å²) in [6.07, 6.45) is 3.25. The van der Waals surface area contributed by atoms with E-state index in [1.165, 1.54) is 30.4 Å². The van der Waals surface area contributed by atoms with E-state index in [0.29, 0.717) is 16.1 Å². The summed E-state index contributed by atoms with van der Waals surface area (Å²) in [4.78, 5) is 18.2. The fraction of sp³-hybridized carbons (Fsp3) is 0.167. The number of benzene rings is 1. The molecule has 0 N–H and O–H groups in total. The SMILES string of the molecule is CC(=O)/C(=C\N(C)C)c1onc(-c2c(F)cccc2Cl)c1-c1nccs1. The zero-order valence-electron chi connectivity index (χ0n) is 14.3. The lowest BCUT2D eigenvalue weighted by Crippen LogP contribution is -2.06. The van der Waals surface area contributed by atoms with E-state index in [1.807, 2.05) is 0 Å². The standard InChI is InChI=1S/C18H15ClFN3O2S/c1-10(24)11(9-23(2)3)17-15(18-21-7-8-26-18)16(22-25-17)14-12(19)5-4-6-13(14)20/h4-9H,1-3H3/b11-9+. The maximum Gasteiger partial charge on any atom is 0.182 e. The Hall–Kier alpha value is -2.51. The van der Waals surface area contributed by atoms with Gasteiger partial charge < -0.3 is 9.42 Å². The molecular formula is C18H15ClFN3O2S. The average molecular weight is 392 g/mol. The van der Waals surface area contributed by atoms with Crippen LogP contribution in [-0.4, -0.2) is 34.9 Å². The van der Waals surface area contributed by atoms with Gasteiger partial charge in [-0.3, -0.25) is 4.79 Å². The summed E-state index contributed by atoms with van der Waals surface area (Å²) in [6, 6.07) is 4.38. The van der Waals surface area contributed by atoms with E-state index >= 15 is 0 Å². The van der Waals surface area contributed by atoms with E-state index in [2.05, 4.69) is 10.1 Å². The van der Waals surface area contributed by atoms with Crippen LogP contribution < -0.4 is 0 Å². The molecule has 0 aliphatic rings. The fourth-order valence-electron chi connectivity index (χ4n) is 2.48. The molecule has 2 aromatic heterocycles. The summed E-state index contributed by atoms with van der Waals surface area (Å²) in [6.45, 7) is 1.43. The molecule has 0 spiro atoms. The minimum absolute atomic E-state index is 0.113. The highest BCUT2D eigenvalue weighted by Crippen LogP contribution is 2.42. The number of Topliss-reactive ketones (excluding diaryl/α,β-unsaturated/α-hetero) is 1. The summed E-state index contributed by atoms with van der Waals surface area (Å²) in [5.74, 6) is -0.509. The number of thiazole rings is 1. The molecule has 0 bridgehead atoms. The molecule has 0 atom stereocenters. The highest BCUT2D eigenvalue weighted by atomic mass is 35.5. The lowest BCUT2D eigenvalue weighted by molar-refractivity contribution is -0.111. The van der Waals surface area contributed by atoms with Gasteiger partial charge in [0, 0.05) is 31.9 Å². The third-order valence-corrected chi connectivity index (χ3v) is 4.65. The number of carbonyl (C=O) groups excluding carboxylic acids is 1. The van der Waals surface area contributed by atoms with E-state index in [0.717, 1.165) is 0 Å². The molecule has 1 aromatic carbocycles. The molecule has 5 nitrogen and oxygen atoms in total. The van der Waals surface area contributed by atoms with Crippen LogP contribution in [0, 0.1) is 5.82 Å². The van der Waals surface area contributed by atoms with Crippen molar-refractivity contribution in [2.24, 2.45) is 0 Å². The van der Waals surface area contributed by atoms with Gasteiger partial charge in [0.05, 0.1) is 21.7 Å². The largest absolute Gasteiger partial charge is 0.383 e. The van der Waals surface area contributed by atoms with E-state index in [9.17, 15) is 9.18 Å². The Kier molecular flexibility index (Phi) is 5.20. The summed E-state index contributed by atoms with van der Waals surface area (Å²) >= 11 is 7.54. The van der Waals surface area contributed by atoms with Crippen molar-refractivity contribution in [2.45, 2.75) is 6.92 Å². The van der Waals surface area contributed by atoms with Crippen molar-refractivity contribution in [3.63, 3.8) is 0 Å². The predicted molar refractivity (Wildman–Crippen MR) is 100 cm³/mol. The molecule has 0 aliphatic heterocycles. The molecule has 0 fully saturated rings. The van der Waals surface area contributed by atoms with Gasteiger partial charge in [-0.25, -0.2) is 9.37 Å². The quantitative estimate of drug-likeness (QED) is 0.587. The molecule has 3 rings (SSSR count). The van der Waals surface area contributed by atoms with Crippen molar-refractivity contribution in [3.05, 3.63) is 52.6 Å². The molecule has 0 radical (unpaired) electrons. The lowest BCUT2D eigenvalue weighted by Gasteiger charge is -2.09. The highest BCUT2D eigenvalue weighted by molar-refractivity contribution is 7.13. The first-order valence-corrected chi connectivity index (χ1v) is 8.89. The monoisotopic (exact) mass is 391 g/mol. The van der Waals surface area contributed by atoms with Gasteiger partial charge in [-0.05, 0) is 19.1 Å².